The highest BCUT2D eigenvalue weighted by molar-refractivity contribution is 6.00. The van der Waals surface area contributed by atoms with Gasteiger partial charge in [0, 0.05) is 30.1 Å². The summed E-state index contributed by atoms with van der Waals surface area (Å²) in [4.78, 5) is 16.6. The van der Waals surface area contributed by atoms with Crippen molar-refractivity contribution in [2.75, 3.05) is 12.4 Å². The molecule has 1 amide bonds. The standard InChI is InChI=1S/C19H17FN4O2/c1-26-17-12-13(6-10-21-17)24-11-7-16(23-24)22-18(25)19(8-9-19)14-4-2-3-5-15(14)20/h2-7,10-12H,8-9H2,1H3,(H,22,23,25)/i1D3. The number of aromatic nitrogens is 3. The molecule has 0 aliphatic heterocycles. The summed E-state index contributed by atoms with van der Waals surface area (Å²) in [6, 6.07) is 10.9. The highest BCUT2D eigenvalue weighted by Gasteiger charge is 2.52. The number of amides is 1. The summed E-state index contributed by atoms with van der Waals surface area (Å²) < 4.78 is 41.8. The Labute approximate surface area is 153 Å². The van der Waals surface area contributed by atoms with Crippen molar-refractivity contribution in [2.45, 2.75) is 18.3 Å². The monoisotopic (exact) mass is 355 g/mol. The van der Waals surface area contributed by atoms with E-state index < -0.39 is 18.3 Å². The number of nitrogens with zero attached hydrogens (tertiary/aromatic N) is 3. The molecule has 1 aliphatic carbocycles. The number of carbonyl (C=O) groups is 1. The molecule has 0 radical (unpaired) electrons. The predicted molar refractivity (Wildman–Crippen MR) is 93.9 cm³/mol. The Morgan fingerprint density at radius 3 is 2.96 bits per heavy atom. The molecule has 2 heterocycles. The minimum absolute atomic E-state index is 0.0694. The molecule has 1 N–H and O–H groups in total. The lowest BCUT2D eigenvalue weighted by molar-refractivity contribution is -0.118. The van der Waals surface area contributed by atoms with Gasteiger partial charge in [-0.2, -0.15) is 5.10 Å². The largest absolute Gasteiger partial charge is 0.481 e. The van der Waals surface area contributed by atoms with Crippen LogP contribution in [0.1, 0.15) is 22.5 Å². The minimum atomic E-state index is -2.61. The molecule has 132 valence electrons. The van der Waals surface area contributed by atoms with Crippen molar-refractivity contribution >= 4 is 11.7 Å². The van der Waals surface area contributed by atoms with Crippen LogP contribution in [0, 0.1) is 5.82 Å². The van der Waals surface area contributed by atoms with Gasteiger partial charge in [0.05, 0.1) is 22.3 Å². The first-order valence-electron chi connectivity index (χ1n) is 9.54. The second-order valence-electron chi connectivity index (χ2n) is 6.12. The highest BCUT2D eigenvalue weighted by atomic mass is 19.1. The van der Waals surface area contributed by atoms with Crippen LogP contribution in [-0.4, -0.2) is 27.7 Å². The number of rotatable bonds is 5. The first-order valence-corrected chi connectivity index (χ1v) is 8.04. The Hall–Kier alpha value is -3.22. The second-order valence-corrected chi connectivity index (χ2v) is 6.12. The van der Waals surface area contributed by atoms with Crippen LogP contribution in [0.3, 0.4) is 0 Å². The van der Waals surface area contributed by atoms with E-state index in [-0.39, 0.29) is 11.8 Å². The Morgan fingerprint density at radius 1 is 1.35 bits per heavy atom. The molecule has 7 heteroatoms. The van der Waals surface area contributed by atoms with Gasteiger partial charge >= 0.3 is 0 Å². The molecule has 0 saturated heterocycles. The molecule has 6 nitrogen and oxygen atoms in total. The van der Waals surface area contributed by atoms with Gasteiger partial charge in [0.25, 0.3) is 0 Å². The topological polar surface area (TPSA) is 69.0 Å². The molecule has 1 aliphatic rings. The van der Waals surface area contributed by atoms with Crippen molar-refractivity contribution in [3.63, 3.8) is 0 Å². The SMILES string of the molecule is [2H]C([2H])([2H])Oc1cc(-n2ccc(NC(=O)C3(c4ccccc4F)CC3)n2)ccn1. The Kier molecular flexibility index (Phi) is 3.14. The first kappa shape index (κ1) is 13.0. The van der Waals surface area contributed by atoms with Gasteiger partial charge in [-0.25, -0.2) is 14.1 Å². The van der Waals surface area contributed by atoms with Gasteiger partial charge in [-0.15, -0.1) is 0 Å². The maximum Gasteiger partial charge on any atom is 0.236 e. The van der Waals surface area contributed by atoms with E-state index in [0.29, 0.717) is 29.9 Å². The van der Waals surface area contributed by atoms with E-state index in [2.05, 4.69) is 15.4 Å². The Morgan fingerprint density at radius 2 is 2.19 bits per heavy atom. The molecule has 1 saturated carbocycles. The van der Waals surface area contributed by atoms with Crippen LogP contribution in [0.5, 0.6) is 5.88 Å². The molecule has 0 atom stereocenters. The summed E-state index contributed by atoms with van der Waals surface area (Å²) in [5.41, 5.74) is 0.0273. The van der Waals surface area contributed by atoms with E-state index in [1.54, 1.807) is 36.5 Å². The Bertz CT molecular complexity index is 1060. The zero-order valence-corrected chi connectivity index (χ0v) is 13.6. The van der Waals surface area contributed by atoms with Crippen LogP contribution in [0.15, 0.2) is 54.9 Å². The van der Waals surface area contributed by atoms with E-state index in [0.717, 1.165) is 0 Å². The summed E-state index contributed by atoms with van der Waals surface area (Å²) in [7, 11) is -2.61. The maximum atomic E-state index is 14.1. The molecule has 3 aromatic rings. The van der Waals surface area contributed by atoms with Crippen molar-refractivity contribution < 1.29 is 18.0 Å². The number of hydrogen-bond acceptors (Lipinski definition) is 4. The summed E-state index contributed by atoms with van der Waals surface area (Å²) in [5, 5.41) is 7.02. The van der Waals surface area contributed by atoms with Gasteiger partial charge in [-0.3, -0.25) is 4.79 Å². The third-order valence-electron chi connectivity index (χ3n) is 4.49. The smallest absolute Gasteiger partial charge is 0.236 e. The molecule has 1 fully saturated rings. The fourth-order valence-corrected chi connectivity index (χ4v) is 2.96. The molecular weight excluding hydrogens is 335 g/mol. The van der Waals surface area contributed by atoms with Crippen molar-refractivity contribution in [1.29, 1.82) is 0 Å². The molecule has 0 spiro atoms. The van der Waals surface area contributed by atoms with Crippen LogP contribution < -0.4 is 10.1 Å². The molecule has 0 unspecified atom stereocenters. The third-order valence-corrected chi connectivity index (χ3v) is 4.49. The molecule has 2 aromatic heterocycles. The van der Waals surface area contributed by atoms with E-state index in [1.165, 1.54) is 23.0 Å². The van der Waals surface area contributed by atoms with E-state index >= 15 is 0 Å². The van der Waals surface area contributed by atoms with Gasteiger partial charge in [0.15, 0.2) is 5.82 Å². The summed E-state index contributed by atoms with van der Waals surface area (Å²) in [6.45, 7) is 0. The van der Waals surface area contributed by atoms with E-state index in [4.69, 9.17) is 8.85 Å². The number of ether oxygens (including phenoxy) is 1. The van der Waals surface area contributed by atoms with Crippen LogP contribution in [0.25, 0.3) is 5.69 Å². The van der Waals surface area contributed by atoms with E-state index in [9.17, 15) is 9.18 Å². The fourth-order valence-electron chi connectivity index (χ4n) is 2.96. The molecule has 26 heavy (non-hydrogen) atoms. The number of carbonyl (C=O) groups excluding carboxylic acids is 1. The van der Waals surface area contributed by atoms with Crippen LogP contribution >= 0.6 is 0 Å². The molecule has 0 bridgehead atoms. The number of hydrogen-bond donors (Lipinski definition) is 1. The summed E-state index contributed by atoms with van der Waals surface area (Å²) in [6.07, 6.45) is 4.14. The number of pyridine rings is 1. The zero-order chi connectivity index (χ0) is 20.6. The normalized spacial score (nSPS) is 16.9. The van der Waals surface area contributed by atoms with Gasteiger partial charge < -0.3 is 10.1 Å². The maximum absolute atomic E-state index is 14.1. The Balaban J connectivity index is 1.51. The number of anilines is 1. The molecule has 4 rings (SSSR count). The van der Waals surface area contributed by atoms with Crippen molar-refractivity contribution in [3.8, 4) is 11.6 Å². The molecular formula is C19H17FN4O2. The highest BCUT2D eigenvalue weighted by Crippen LogP contribution is 2.49. The van der Waals surface area contributed by atoms with Crippen LogP contribution in [-0.2, 0) is 10.2 Å². The number of halogens is 1. The average Bonchev–Trinajstić information content (AvgIpc) is 3.33. The van der Waals surface area contributed by atoms with Gasteiger partial charge in [-0.05, 0) is 25.0 Å². The van der Waals surface area contributed by atoms with Crippen LogP contribution in [0.4, 0.5) is 10.2 Å². The lowest BCUT2D eigenvalue weighted by Crippen LogP contribution is -2.29. The number of nitrogens with one attached hydrogen (secondary N) is 1. The van der Waals surface area contributed by atoms with Gasteiger partial charge in [-0.1, -0.05) is 18.2 Å². The average molecular weight is 355 g/mol. The van der Waals surface area contributed by atoms with E-state index in [1.807, 2.05) is 0 Å². The van der Waals surface area contributed by atoms with Gasteiger partial charge in [0.2, 0.25) is 11.8 Å². The van der Waals surface area contributed by atoms with Crippen molar-refractivity contribution in [1.82, 2.24) is 14.8 Å². The quantitative estimate of drug-likeness (QED) is 0.764. The summed E-state index contributed by atoms with van der Waals surface area (Å²) in [5.74, 6) is -0.481. The lowest BCUT2D eigenvalue weighted by atomic mass is 9.94. The molecule has 1 aromatic carbocycles. The fraction of sp³-hybridized carbons (Fsp3) is 0.211. The predicted octanol–water partition coefficient (Wildman–Crippen LogP) is 3.09. The van der Waals surface area contributed by atoms with Crippen molar-refractivity contribution in [2.24, 2.45) is 0 Å². The van der Waals surface area contributed by atoms with Gasteiger partial charge in [0.1, 0.15) is 5.82 Å². The van der Waals surface area contributed by atoms with Crippen molar-refractivity contribution in [3.05, 3.63) is 66.2 Å². The lowest BCUT2D eigenvalue weighted by Gasteiger charge is -2.15. The second kappa shape index (κ2) is 6.25. The summed E-state index contributed by atoms with van der Waals surface area (Å²) >= 11 is 0. The number of benzene rings is 1. The third kappa shape index (κ3) is 2.81. The first-order chi connectivity index (χ1) is 13.8. The zero-order valence-electron chi connectivity index (χ0n) is 16.6. The number of methoxy groups -OCH3 is 1. The van der Waals surface area contributed by atoms with Crippen LogP contribution in [0.2, 0.25) is 0 Å². The minimum Gasteiger partial charge on any atom is -0.481 e.